The summed E-state index contributed by atoms with van der Waals surface area (Å²) < 4.78 is 0. The molecular weight excluding hydrogens is 172 g/mol. The molecule has 0 aromatic rings. The van der Waals surface area contributed by atoms with Gasteiger partial charge in [-0.3, -0.25) is 4.79 Å². The van der Waals surface area contributed by atoms with Crippen LogP contribution in [-0.2, 0) is 4.79 Å². The molecule has 1 unspecified atom stereocenters. The van der Waals surface area contributed by atoms with Gasteiger partial charge in [0.15, 0.2) is 0 Å². The van der Waals surface area contributed by atoms with Gasteiger partial charge in [0.25, 0.3) is 0 Å². The summed E-state index contributed by atoms with van der Waals surface area (Å²) >= 11 is 0. The minimum Gasteiger partial charge on any atom is -0.299 e. The Bertz CT molecular complexity index is 166. The van der Waals surface area contributed by atoms with E-state index in [2.05, 4.69) is 13.8 Å². The van der Waals surface area contributed by atoms with Crippen molar-refractivity contribution in [2.24, 2.45) is 11.8 Å². The van der Waals surface area contributed by atoms with Gasteiger partial charge in [-0.15, -0.1) is 0 Å². The highest BCUT2D eigenvalue weighted by Gasteiger charge is 2.18. The van der Waals surface area contributed by atoms with E-state index in [1.807, 2.05) is 0 Å². The number of carbonyl (C=O) groups is 1. The van der Waals surface area contributed by atoms with Gasteiger partial charge < -0.3 is 0 Å². The van der Waals surface area contributed by atoms with Crippen LogP contribution in [0.2, 0.25) is 0 Å². The molecule has 0 aromatic heterocycles. The van der Waals surface area contributed by atoms with E-state index in [9.17, 15) is 4.79 Å². The normalized spacial score (nSPS) is 21.6. The monoisotopic (exact) mass is 196 g/mol. The molecule has 82 valence electrons. The van der Waals surface area contributed by atoms with Crippen molar-refractivity contribution in [1.29, 1.82) is 0 Å². The van der Waals surface area contributed by atoms with Gasteiger partial charge in [-0.25, -0.2) is 0 Å². The fraction of sp³-hybridized carbons (Fsp3) is 0.923. The van der Waals surface area contributed by atoms with E-state index in [1.165, 1.54) is 38.5 Å². The summed E-state index contributed by atoms with van der Waals surface area (Å²) in [6.45, 7) is 4.18. The van der Waals surface area contributed by atoms with Crippen LogP contribution in [0, 0.1) is 11.8 Å². The molecule has 1 atom stereocenters. The van der Waals surface area contributed by atoms with Crippen molar-refractivity contribution in [1.82, 2.24) is 0 Å². The van der Waals surface area contributed by atoms with Gasteiger partial charge in [0.05, 0.1) is 0 Å². The fourth-order valence-electron chi connectivity index (χ4n) is 2.28. The van der Waals surface area contributed by atoms with Crippen molar-refractivity contribution in [3.05, 3.63) is 0 Å². The summed E-state index contributed by atoms with van der Waals surface area (Å²) in [5, 5.41) is 0. The van der Waals surface area contributed by atoms with Crippen LogP contribution in [0.25, 0.3) is 0 Å². The van der Waals surface area contributed by atoms with Crippen LogP contribution < -0.4 is 0 Å². The van der Waals surface area contributed by atoms with E-state index >= 15 is 0 Å². The van der Waals surface area contributed by atoms with Gasteiger partial charge in [-0.2, -0.15) is 0 Å². The van der Waals surface area contributed by atoms with Crippen LogP contribution in [0.1, 0.15) is 65.2 Å². The lowest BCUT2D eigenvalue weighted by Gasteiger charge is -2.15. The van der Waals surface area contributed by atoms with Crippen LogP contribution in [0.4, 0.5) is 0 Å². The maximum absolute atomic E-state index is 11.8. The van der Waals surface area contributed by atoms with Gasteiger partial charge in [0, 0.05) is 12.3 Å². The zero-order chi connectivity index (χ0) is 10.4. The molecule has 1 nitrogen and oxygen atoms in total. The molecule has 0 radical (unpaired) electrons. The number of Topliss-reactive ketones (excluding diaryl/α,β-unsaturated/α-hetero) is 1. The summed E-state index contributed by atoms with van der Waals surface area (Å²) in [5.74, 6) is 1.50. The number of hydrogen-bond acceptors (Lipinski definition) is 1. The third-order valence-corrected chi connectivity index (χ3v) is 3.63. The molecule has 0 saturated heterocycles. The van der Waals surface area contributed by atoms with Crippen molar-refractivity contribution in [2.75, 3.05) is 0 Å². The quantitative estimate of drug-likeness (QED) is 0.622. The summed E-state index contributed by atoms with van der Waals surface area (Å²) in [5.41, 5.74) is 0. The van der Waals surface area contributed by atoms with Gasteiger partial charge in [0.2, 0.25) is 0 Å². The topological polar surface area (TPSA) is 17.1 Å². The van der Waals surface area contributed by atoms with Crippen LogP contribution in [0.15, 0.2) is 0 Å². The molecule has 1 aliphatic rings. The molecule has 0 aliphatic heterocycles. The molecule has 0 aromatic carbocycles. The number of carbonyl (C=O) groups excluding carboxylic acids is 1. The molecule has 1 saturated carbocycles. The fourth-order valence-corrected chi connectivity index (χ4v) is 2.28. The molecule has 0 amide bonds. The molecule has 0 N–H and O–H groups in total. The second-order valence-electron chi connectivity index (χ2n) is 4.84. The Morgan fingerprint density at radius 3 is 2.29 bits per heavy atom. The Balaban J connectivity index is 2.30. The Kier molecular flexibility index (Phi) is 5.21. The first kappa shape index (κ1) is 11.7. The van der Waals surface area contributed by atoms with Crippen LogP contribution in [0.5, 0.6) is 0 Å². The van der Waals surface area contributed by atoms with Crippen molar-refractivity contribution in [3.8, 4) is 0 Å². The number of rotatable bonds is 4. The van der Waals surface area contributed by atoms with E-state index in [-0.39, 0.29) is 0 Å². The predicted octanol–water partition coefficient (Wildman–Crippen LogP) is 3.96. The Morgan fingerprint density at radius 2 is 1.79 bits per heavy atom. The van der Waals surface area contributed by atoms with Crippen molar-refractivity contribution >= 4 is 5.78 Å². The second-order valence-corrected chi connectivity index (χ2v) is 4.84. The SMILES string of the molecule is CCC(C)C(=O)CC1CCCCCC1. The maximum Gasteiger partial charge on any atom is 0.135 e. The van der Waals surface area contributed by atoms with Crippen LogP contribution in [-0.4, -0.2) is 5.78 Å². The Hall–Kier alpha value is -0.330. The third-order valence-electron chi connectivity index (χ3n) is 3.63. The lowest BCUT2D eigenvalue weighted by molar-refractivity contribution is -0.123. The van der Waals surface area contributed by atoms with Crippen molar-refractivity contribution in [3.63, 3.8) is 0 Å². The predicted molar refractivity (Wildman–Crippen MR) is 60.3 cm³/mol. The van der Waals surface area contributed by atoms with Gasteiger partial charge in [-0.05, 0) is 12.3 Å². The molecule has 0 bridgehead atoms. The summed E-state index contributed by atoms with van der Waals surface area (Å²) in [6, 6.07) is 0. The first-order valence-corrected chi connectivity index (χ1v) is 6.26. The number of hydrogen-bond donors (Lipinski definition) is 0. The Labute approximate surface area is 88.3 Å². The first-order valence-electron chi connectivity index (χ1n) is 6.26. The van der Waals surface area contributed by atoms with E-state index in [0.717, 1.165) is 12.8 Å². The van der Waals surface area contributed by atoms with Crippen LogP contribution in [0.3, 0.4) is 0 Å². The molecule has 1 rings (SSSR count). The van der Waals surface area contributed by atoms with E-state index in [0.29, 0.717) is 17.6 Å². The molecular formula is C13H24O. The average Bonchev–Trinajstić information content (AvgIpc) is 2.45. The summed E-state index contributed by atoms with van der Waals surface area (Å²) in [4.78, 5) is 11.8. The third kappa shape index (κ3) is 3.81. The highest BCUT2D eigenvalue weighted by Crippen LogP contribution is 2.26. The zero-order valence-electron chi connectivity index (χ0n) is 9.72. The average molecular weight is 196 g/mol. The highest BCUT2D eigenvalue weighted by atomic mass is 16.1. The minimum atomic E-state index is 0.290. The Morgan fingerprint density at radius 1 is 1.21 bits per heavy atom. The van der Waals surface area contributed by atoms with Gasteiger partial charge in [-0.1, -0.05) is 52.4 Å². The molecule has 1 fully saturated rings. The van der Waals surface area contributed by atoms with Gasteiger partial charge >= 0.3 is 0 Å². The standard InChI is InChI=1S/C13H24O/c1-3-11(2)13(14)10-12-8-6-4-5-7-9-12/h11-12H,3-10H2,1-2H3. The molecule has 14 heavy (non-hydrogen) atoms. The molecule has 0 heterocycles. The maximum atomic E-state index is 11.8. The summed E-state index contributed by atoms with van der Waals surface area (Å²) in [6.07, 6.45) is 9.91. The van der Waals surface area contributed by atoms with Crippen LogP contribution >= 0.6 is 0 Å². The lowest BCUT2D eigenvalue weighted by Crippen LogP contribution is -2.14. The zero-order valence-corrected chi connectivity index (χ0v) is 9.72. The van der Waals surface area contributed by atoms with E-state index < -0.39 is 0 Å². The van der Waals surface area contributed by atoms with E-state index in [4.69, 9.17) is 0 Å². The van der Waals surface area contributed by atoms with Crippen molar-refractivity contribution in [2.45, 2.75) is 65.2 Å². The molecule has 1 aliphatic carbocycles. The second kappa shape index (κ2) is 6.21. The first-order chi connectivity index (χ1) is 6.74. The minimum absolute atomic E-state index is 0.290. The molecule has 1 heteroatoms. The molecule has 0 spiro atoms. The van der Waals surface area contributed by atoms with Gasteiger partial charge in [0.1, 0.15) is 5.78 Å². The van der Waals surface area contributed by atoms with Crippen molar-refractivity contribution < 1.29 is 4.79 Å². The number of ketones is 1. The highest BCUT2D eigenvalue weighted by molar-refractivity contribution is 5.80. The summed E-state index contributed by atoms with van der Waals surface area (Å²) in [7, 11) is 0. The van der Waals surface area contributed by atoms with E-state index in [1.54, 1.807) is 0 Å². The largest absolute Gasteiger partial charge is 0.299 e. The smallest absolute Gasteiger partial charge is 0.135 e. The lowest BCUT2D eigenvalue weighted by atomic mass is 9.89.